The third-order valence-electron chi connectivity index (χ3n) is 3.14. The SMILES string of the molecule is NC1CCCc2[nH]c3ccccc3c21. The minimum atomic E-state index is 0.231. The maximum atomic E-state index is 6.14. The van der Waals surface area contributed by atoms with Gasteiger partial charge in [0.25, 0.3) is 0 Å². The zero-order valence-corrected chi connectivity index (χ0v) is 8.09. The number of H-pyrrole nitrogens is 1. The standard InChI is InChI=1S/C12H14N2/c13-9-5-3-7-11-12(9)8-4-1-2-6-10(8)14-11/h1-2,4,6,9,14H,3,5,7,13H2. The van der Waals surface area contributed by atoms with Crippen LogP contribution in [0.2, 0.25) is 0 Å². The molecule has 0 amide bonds. The average Bonchev–Trinajstić information content (AvgIpc) is 2.57. The minimum absolute atomic E-state index is 0.231. The van der Waals surface area contributed by atoms with Crippen molar-refractivity contribution in [1.82, 2.24) is 4.98 Å². The van der Waals surface area contributed by atoms with Crippen molar-refractivity contribution in [3.05, 3.63) is 35.5 Å². The van der Waals surface area contributed by atoms with Crippen LogP contribution in [0, 0.1) is 0 Å². The maximum Gasteiger partial charge on any atom is 0.0459 e. The second-order valence-electron chi connectivity index (χ2n) is 4.06. The fourth-order valence-electron chi connectivity index (χ4n) is 2.48. The molecule has 1 aliphatic rings. The molecule has 0 saturated carbocycles. The van der Waals surface area contributed by atoms with Gasteiger partial charge in [-0.2, -0.15) is 0 Å². The highest BCUT2D eigenvalue weighted by Gasteiger charge is 2.20. The fourth-order valence-corrected chi connectivity index (χ4v) is 2.48. The Kier molecular flexibility index (Phi) is 1.64. The lowest BCUT2D eigenvalue weighted by molar-refractivity contribution is 0.569. The number of aryl methyl sites for hydroxylation is 1. The summed E-state index contributed by atoms with van der Waals surface area (Å²) in [5.74, 6) is 0. The lowest BCUT2D eigenvalue weighted by atomic mass is 9.91. The highest BCUT2D eigenvalue weighted by Crippen LogP contribution is 2.33. The van der Waals surface area contributed by atoms with Crippen molar-refractivity contribution < 1.29 is 0 Å². The molecule has 3 rings (SSSR count). The van der Waals surface area contributed by atoms with E-state index in [0.717, 1.165) is 12.8 Å². The summed E-state index contributed by atoms with van der Waals surface area (Å²) < 4.78 is 0. The number of nitrogens with one attached hydrogen (secondary N) is 1. The number of nitrogens with two attached hydrogens (primary N) is 1. The lowest BCUT2D eigenvalue weighted by Crippen LogP contribution is -2.16. The first-order valence-corrected chi connectivity index (χ1v) is 5.21. The highest BCUT2D eigenvalue weighted by atomic mass is 14.8. The summed E-state index contributed by atoms with van der Waals surface area (Å²) in [4.78, 5) is 3.47. The fraction of sp³-hybridized carbons (Fsp3) is 0.333. The smallest absolute Gasteiger partial charge is 0.0459 e. The molecule has 2 nitrogen and oxygen atoms in total. The molecule has 0 saturated heterocycles. The maximum absolute atomic E-state index is 6.14. The van der Waals surface area contributed by atoms with Crippen LogP contribution in [-0.4, -0.2) is 4.98 Å². The molecule has 0 radical (unpaired) electrons. The number of hydrogen-bond donors (Lipinski definition) is 2. The Bertz CT molecular complexity index is 470. The summed E-state index contributed by atoms with van der Waals surface area (Å²) in [7, 11) is 0. The van der Waals surface area contributed by atoms with E-state index in [-0.39, 0.29) is 6.04 Å². The zero-order chi connectivity index (χ0) is 9.54. The van der Waals surface area contributed by atoms with Gasteiger partial charge in [-0.05, 0) is 30.9 Å². The van der Waals surface area contributed by atoms with Gasteiger partial charge in [0.15, 0.2) is 0 Å². The van der Waals surface area contributed by atoms with Crippen LogP contribution < -0.4 is 5.73 Å². The number of hydrogen-bond acceptors (Lipinski definition) is 1. The molecule has 1 aromatic carbocycles. The molecule has 1 heterocycles. The van der Waals surface area contributed by atoms with E-state index in [1.807, 2.05) is 0 Å². The quantitative estimate of drug-likeness (QED) is 0.652. The average molecular weight is 186 g/mol. The van der Waals surface area contributed by atoms with Crippen LogP contribution in [0.3, 0.4) is 0 Å². The summed E-state index contributed by atoms with van der Waals surface area (Å²) in [5, 5.41) is 1.31. The van der Waals surface area contributed by atoms with Crippen molar-refractivity contribution in [2.75, 3.05) is 0 Å². The normalized spacial score (nSPS) is 21.1. The predicted molar refractivity (Wildman–Crippen MR) is 58.2 cm³/mol. The van der Waals surface area contributed by atoms with Crippen LogP contribution in [0.5, 0.6) is 0 Å². The first kappa shape index (κ1) is 8.06. The van der Waals surface area contributed by atoms with Gasteiger partial charge in [-0.1, -0.05) is 18.2 Å². The van der Waals surface area contributed by atoms with Gasteiger partial charge in [0, 0.05) is 22.6 Å². The first-order chi connectivity index (χ1) is 6.86. The van der Waals surface area contributed by atoms with E-state index in [0.29, 0.717) is 0 Å². The molecule has 72 valence electrons. The van der Waals surface area contributed by atoms with Crippen molar-refractivity contribution in [2.45, 2.75) is 25.3 Å². The van der Waals surface area contributed by atoms with Crippen molar-refractivity contribution >= 4 is 10.9 Å². The molecule has 2 heteroatoms. The third-order valence-corrected chi connectivity index (χ3v) is 3.14. The number of aromatic amines is 1. The van der Waals surface area contributed by atoms with E-state index >= 15 is 0 Å². The Morgan fingerprint density at radius 2 is 2.14 bits per heavy atom. The van der Waals surface area contributed by atoms with Gasteiger partial charge in [0.05, 0.1) is 0 Å². The number of para-hydroxylation sites is 1. The van der Waals surface area contributed by atoms with E-state index in [9.17, 15) is 0 Å². The summed E-state index contributed by atoms with van der Waals surface area (Å²) in [6.07, 6.45) is 3.48. The van der Waals surface area contributed by atoms with Gasteiger partial charge in [-0.3, -0.25) is 0 Å². The Labute approximate surface area is 83.1 Å². The van der Waals surface area contributed by atoms with E-state index in [2.05, 4.69) is 29.2 Å². The second-order valence-corrected chi connectivity index (χ2v) is 4.06. The molecule has 1 aromatic heterocycles. The Morgan fingerprint density at radius 1 is 1.29 bits per heavy atom. The van der Waals surface area contributed by atoms with Crippen molar-refractivity contribution in [1.29, 1.82) is 0 Å². The molecule has 0 bridgehead atoms. The van der Waals surface area contributed by atoms with Crippen LogP contribution in [0.4, 0.5) is 0 Å². The van der Waals surface area contributed by atoms with E-state index in [1.165, 1.54) is 28.6 Å². The predicted octanol–water partition coefficient (Wildman–Crippen LogP) is 2.50. The molecular formula is C12H14N2. The number of benzene rings is 1. The molecular weight excluding hydrogens is 172 g/mol. The molecule has 2 aromatic rings. The van der Waals surface area contributed by atoms with Crippen LogP contribution >= 0.6 is 0 Å². The highest BCUT2D eigenvalue weighted by molar-refractivity contribution is 5.85. The van der Waals surface area contributed by atoms with E-state index in [4.69, 9.17) is 5.73 Å². The molecule has 1 aliphatic carbocycles. The van der Waals surface area contributed by atoms with Gasteiger partial charge in [0.1, 0.15) is 0 Å². The molecule has 1 atom stereocenters. The molecule has 14 heavy (non-hydrogen) atoms. The summed E-state index contributed by atoms with van der Waals surface area (Å²) in [5.41, 5.74) is 10.1. The molecule has 1 unspecified atom stereocenters. The van der Waals surface area contributed by atoms with Gasteiger partial charge in [-0.15, -0.1) is 0 Å². The largest absolute Gasteiger partial charge is 0.358 e. The first-order valence-electron chi connectivity index (χ1n) is 5.21. The van der Waals surface area contributed by atoms with Gasteiger partial charge in [-0.25, -0.2) is 0 Å². The van der Waals surface area contributed by atoms with Crippen LogP contribution in [0.25, 0.3) is 10.9 Å². The topological polar surface area (TPSA) is 41.8 Å². The minimum Gasteiger partial charge on any atom is -0.358 e. The number of rotatable bonds is 0. The number of fused-ring (bicyclic) bond motifs is 3. The van der Waals surface area contributed by atoms with Gasteiger partial charge >= 0.3 is 0 Å². The van der Waals surface area contributed by atoms with Crippen LogP contribution in [0.15, 0.2) is 24.3 Å². The molecule has 0 fully saturated rings. The Hall–Kier alpha value is -1.28. The summed E-state index contributed by atoms with van der Waals surface area (Å²) in [6.45, 7) is 0. The van der Waals surface area contributed by atoms with E-state index < -0.39 is 0 Å². The molecule has 0 spiro atoms. The zero-order valence-electron chi connectivity index (χ0n) is 8.09. The molecule has 0 aliphatic heterocycles. The van der Waals surface area contributed by atoms with Crippen LogP contribution in [0.1, 0.15) is 30.1 Å². The third kappa shape index (κ3) is 1.01. The summed E-state index contributed by atoms with van der Waals surface area (Å²) >= 11 is 0. The van der Waals surface area contributed by atoms with Gasteiger partial charge in [0.2, 0.25) is 0 Å². The number of aromatic nitrogens is 1. The Morgan fingerprint density at radius 3 is 3.07 bits per heavy atom. The van der Waals surface area contributed by atoms with Crippen molar-refractivity contribution in [2.24, 2.45) is 5.73 Å². The Balaban J connectivity index is 2.34. The van der Waals surface area contributed by atoms with Crippen LogP contribution in [-0.2, 0) is 6.42 Å². The van der Waals surface area contributed by atoms with Gasteiger partial charge < -0.3 is 10.7 Å². The second kappa shape index (κ2) is 2.85. The van der Waals surface area contributed by atoms with Crippen molar-refractivity contribution in [3.8, 4) is 0 Å². The molecule has 3 N–H and O–H groups in total. The monoisotopic (exact) mass is 186 g/mol. The van der Waals surface area contributed by atoms with Crippen molar-refractivity contribution in [3.63, 3.8) is 0 Å². The van der Waals surface area contributed by atoms with E-state index in [1.54, 1.807) is 0 Å². The summed E-state index contributed by atoms with van der Waals surface area (Å²) in [6, 6.07) is 8.67. The lowest BCUT2D eigenvalue weighted by Gasteiger charge is -2.18.